The Morgan fingerprint density at radius 2 is 1.61 bits per heavy atom. The van der Waals surface area contributed by atoms with Crippen molar-refractivity contribution in [1.82, 2.24) is 0 Å². The zero-order valence-corrected chi connectivity index (χ0v) is 22.1. The van der Waals surface area contributed by atoms with E-state index in [4.69, 9.17) is 0 Å². The predicted molar refractivity (Wildman–Crippen MR) is 131 cm³/mol. The molecule has 0 aromatic heterocycles. The molecule has 0 aromatic rings. The number of aliphatic hydroxyl groups excluding tert-OH is 1. The molecule has 5 rings (SSSR count). The standard InChI is InChI=1S/C30H45NO2/c1-25(2)22-8-11-30(7)24(28(22,5)10-9-23(25)33)21(32)16-19-20-17-26(3,18-31)12-13-27(20,4)14-15-29(19,30)6/h16,20,22-24,33H,8-15,17H2,1-7H3/t20-,22-,23-,24+,26-,27+,28-,29+,30+/m0/s1. The van der Waals surface area contributed by atoms with Crippen LogP contribution in [0.25, 0.3) is 0 Å². The Hall–Kier alpha value is -1.14. The van der Waals surface area contributed by atoms with Gasteiger partial charge in [0.15, 0.2) is 5.78 Å². The summed E-state index contributed by atoms with van der Waals surface area (Å²) in [5.74, 6) is 1.09. The Morgan fingerprint density at radius 1 is 0.939 bits per heavy atom. The summed E-state index contributed by atoms with van der Waals surface area (Å²) in [4.78, 5) is 14.2. The van der Waals surface area contributed by atoms with Crippen LogP contribution < -0.4 is 0 Å². The molecule has 0 spiro atoms. The molecule has 1 N–H and O–H groups in total. The Labute approximate surface area is 201 Å². The summed E-state index contributed by atoms with van der Waals surface area (Å²) in [6, 6.07) is 2.64. The Balaban J connectivity index is 1.63. The number of hydrogen-bond acceptors (Lipinski definition) is 3. The molecule has 0 aliphatic heterocycles. The molecule has 5 aliphatic rings. The van der Waals surface area contributed by atoms with Crippen molar-refractivity contribution in [3.63, 3.8) is 0 Å². The molecule has 4 fully saturated rings. The lowest BCUT2D eigenvalue weighted by Crippen LogP contribution is -2.66. The van der Waals surface area contributed by atoms with Gasteiger partial charge in [-0.05, 0) is 110 Å². The first-order valence-corrected chi connectivity index (χ1v) is 13.5. The molecule has 0 amide bonds. The van der Waals surface area contributed by atoms with E-state index in [1.807, 2.05) is 0 Å². The van der Waals surface area contributed by atoms with Crippen molar-refractivity contribution in [3.05, 3.63) is 11.6 Å². The number of nitriles is 1. The van der Waals surface area contributed by atoms with Gasteiger partial charge in [-0.3, -0.25) is 4.79 Å². The maximum Gasteiger partial charge on any atom is 0.159 e. The second-order valence-corrected chi connectivity index (χ2v) is 14.7. The van der Waals surface area contributed by atoms with Crippen LogP contribution in [0.15, 0.2) is 11.6 Å². The SMILES string of the molecule is CC1(C)[C@@H](O)CC[C@]2(C)[C@H]3C(=O)C=C4[C@@H]5C[C@@](C)(C#N)CC[C@]5(C)CC[C@@]4(C)[C@]3(C)CC[C@@H]12. The van der Waals surface area contributed by atoms with Gasteiger partial charge in [0.2, 0.25) is 0 Å². The van der Waals surface area contributed by atoms with Crippen molar-refractivity contribution in [2.45, 2.75) is 112 Å². The van der Waals surface area contributed by atoms with Crippen molar-refractivity contribution in [3.8, 4) is 6.07 Å². The average molecular weight is 452 g/mol. The molecule has 3 heteroatoms. The van der Waals surface area contributed by atoms with Crippen molar-refractivity contribution in [2.75, 3.05) is 0 Å². The van der Waals surface area contributed by atoms with Crippen LogP contribution in [0.3, 0.4) is 0 Å². The lowest BCUT2D eigenvalue weighted by Gasteiger charge is -2.70. The molecule has 33 heavy (non-hydrogen) atoms. The first-order chi connectivity index (χ1) is 15.2. The number of aliphatic hydroxyl groups is 1. The molecule has 9 atom stereocenters. The van der Waals surface area contributed by atoms with Gasteiger partial charge in [0, 0.05) is 5.92 Å². The molecular formula is C30H45NO2. The van der Waals surface area contributed by atoms with E-state index in [0.717, 1.165) is 51.4 Å². The van der Waals surface area contributed by atoms with E-state index in [1.165, 1.54) is 12.0 Å². The van der Waals surface area contributed by atoms with E-state index in [-0.39, 0.29) is 44.5 Å². The summed E-state index contributed by atoms with van der Waals surface area (Å²) in [6.07, 6.45) is 11.1. The van der Waals surface area contributed by atoms with Gasteiger partial charge in [-0.2, -0.15) is 5.26 Å². The summed E-state index contributed by atoms with van der Waals surface area (Å²) in [5.41, 5.74) is 1.06. The van der Waals surface area contributed by atoms with Crippen molar-refractivity contribution in [1.29, 1.82) is 5.26 Å². The quantitative estimate of drug-likeness (QED) is 0.438. The van der Waals surface area contributed by atoms with Crippen LogP contribution in [-0.4, -0.2) is 17.0 Å². The molecular weight excluding hydrogens is 406 g/mol. The number of allylic oxidation sites excluding steroid dienone is 2. The third kappa shape index (κ3) is 2.80. The van der Waals surface area contributed by atoms with Crippen LogP contribution in [0.1, 0.15) is 106 Å². The third-order valence-electron chi connectivity index (χ3n) is 12.8. The zero-order valence-electron chi connectivity index (χ0n) is 22.1. The topological polar surface area (TPSA) is 61.1 Å². The number of carbonyl (C=O) groups excluding carboxylic acids is 1. The minimum atomic E-state index is -0.281. The molecule has 4 saturated carbocycles. The number of fused-ring (bicyclic) bond motifs is 7. The minimum absolute atomic E-state index is 0.0116. The fraction of sp³-hybridized carbons (Fsp3) is 0.867. The molecule has 0 bridgehead atoms. The summed E-state index contributed by atoms with van der Waals surface area (Å²) in [6.45, 7) is 16.3. The van der Waals surface area contributed by atoms with Gasteiger partial charge >= 0.3 is 0 Å². The maximum atomic E-state index is 14.2. The van der Waals surface area contributed by atoms with Crippen LogP contribution in [0.2, 0.25) is 0 Å². The van der Waals surface area contributed by atoms with Gasteiger partial charge in [-0.25, -0.2) is 0 Å². The summed E-state index contributed by atoms with van der Waals surface area (Å²) in [5, 5.41) is 20.8. The highest BCUT2D eigenvalue weighted by atomic mass is 16.3. The van der Waals surface area contributed by atoms with Gasteiger partial charge in [-0.15, -0.1) is 0 Å². The summed E-state index contributed by atoms with van der Waals surface area (Å²) >= 11 is 0. The average Bonchev–Trinajstić information content (AvgIpc) is 2.74. The van der Waals surface area contributed by atoms with Crippen molar-refractivity contribution >= 4 is 5.78 Å². The van der Waals surface area contributed by atoms with Gasteiger partial charge < -0.3 is 5.11 Å². The van der Waals surface area contributed by atoms with E-state index in [9.17, 15) is 15.2 Å². The Kier molecular flexibility index (Phi) is 4.82. The maximum absolute atomic E-state index is 14.2. The summed E-state index contributed by atoms with van der Waals surface area (Å²) in [7, 11) is 0. The number of nitrogens with zero attached hydrogens (tertiary/aromatic N) is 1. The highest BCUT2D eigenvalue weighted by molar-refractivity contribution is 5.95. The van der Waals surface area contributed by atoms with Crippen molar-refractivity contribution < 1.29 is 9.90 Å². The van der Waals surface area contributed by atoms with Crippen LogP contribution in [0.5, 0.6) is 0 Å². The van der Waals surface area contributed by atoms with Gasteiger partial charge in [0.1, 0.15) is 0 Å². The van der Waals surface area contributed by atoms with E-state index >= 15 is 0 Å². The highest BCUT2D eigenvalue weighted by Crippen LogP contribution is 2.75. The van der Waals surface area contributed by atoms with Gasteiger partial charge in [-0.1, -0.05) is 47.1 Å². The van der Waals surface area contributed by atoms with Crippen LogP contribution in [-0.2, 0) is 4.79 Å². The molecule has 3 nitrogen and oxygen atoms in total. The molecule has 5 aliphatic carbocycles. The second kappa shape index (κ2) is 6.75. The molecule has 182 valence electrons. The second-order valence-electron chi connectivity index (χ2n) is 14.7. The van der Waals surface area contributed by atoms with Crippen molar-refractivity contribution in [2.24, 2.45) is 50.2 Å². The lowest BCUT2D eigenvalue weighted by atomic mass is 9.33. The number of rotatable bonds is 0. The molecule has 0 saturated heterocycles. The normalized spacial score (nSPS) is 55.2. The molecule has 0 unspecified atom stereocenters. The Morgan fingerprint density at radius 3 is 2.27 bits per heavy atom. The fourth-order valence-corrected chi connectivity index (χ4v) is 10.3. The van der Waals surface area contributed by atoms with E-state index in [0.29, 0.717) is 17.6 Å². The molecule has 0 aromatic carbocycles. The van der Waals surface area contributed by atoms with Gasteiger partial charge in [0.05, 0.1) is 17.6 Å². The molecule has 0 heterocycles. The van der Waals surface area contributed by atoms with Crippen LogP contribution in [0.4, 0.5) is 0 Å². The number of ketones is 1. The fourth-order valence-electron chi connectivity index (χ4n) is 10.3. The summed E-state index contributed by atoms with van der Waals surface area (Å²) < 4.78 is 0. The zero-order chi connectivity index (χ0) is 24.2. The Bertz CT molecular complexity index is 959. The van der Waals surface area contributed by atoms with Crippen LogP contribution in [0, 0.1) is 61.6 Å². The largest absolute Gasteiger partial charge is 0.393 e. The highest BCUT2D eigenvalue weighted by Gasteiger charge is 2.70. The third-order valence-corrected chi connectivity index (χ3v) is 12.8. The van der Waals surface area contributed by atoms with E-state index in [2.05, 4.69) is 60.6 Å². The lowest BCUT2D eigenvalue weighted by molar-refractivity contribution is -0.201. The minimum Gasteiger partial charge on any atom is -0.393 e. The first kappa shape index (κ1) is 23.6. The number of carbonyl (C=O) groups is 1. The smallest absolute Gasteiger partial charge is 0.159 e. The van der Waals surface area contributed by atoms with Gasteiger partial charge in [0.25, 0.3) is 0 Å². The first-order valence-electron chi connectivity index (χ1n) is 13.5. The number of hydrogen-bond donors (Lipinski definition) is 1. The monoisotopic (exact) mass is 451 g/mol. The van der Waals surface area contributed by atoms with E-state index in [1.54, 1.807) is 0 Å². The van der Waals surface area contributed by atoms with Crippen LogP contribution >= 0.6 is 0 Å². The molecule has 0 radical (unpaired) electrons. The van der Waals surface area contributed by atoms with E-state index < -0.39 is 0 Å². The predicted octanol–water partition coefficient (Wildman–Crippen LogP) is 6.85.